The molecule has 106 valence electrons. The molecule has 0 fully saturated rings. The molecule has 19 heavy (non-hydrogen) atoms. The van der Waals surface area contributed by atoms with Gasteiger partial charge in [0.25, 0.3) is 0 Å². The molecule has 1 unspecified atom stereocenters. The molecule has 0 saturated carbocycles. The summed E-state index contributed by atoms with van der Waals surface area (Å²) in [5.74, 6) is -1.49. The van der Waals surface area contributed by atoms with Gasteiger partial charge in [-0.25, -0.2) is 4.39 Å². The molecule has 0 aromatic rings. The number of halogens is 1. The van der Waals surface area contributed by atoms with Gasteiger partial charge in [0.1, 0.15) is 6.17 Å². The molecule has 0 N–H and O–H groups in total. The molecule has 4 nitrogen and oxygen atoms in total. The first-order valence-corrected chi connectivity index (χ1v) is 6.62. The van der Waals surface area contributed by atoms with Crippen molar-refractivity contribution in [1.29, 1.82) is 0 Å². The van der Waals surface area contributed by atoms with E-state index >= 15 is 0 Å². The first-order chi connectivity index (χ1) is 8.51. The Kier molecular flexibility index (Phi) is 14.4. The molecular weight excluding hydrogens is 260 g/mol. The smallest absolute Gasteiger partial charge is 0.548 e. The Morgan fingerprint density at radius 2 is 1.84 bits per heavy atom. The SMILES string of the molecule is CCCC(F)CCCC(=O)N(CCC)CC(=O)[O-].[Na+]. The van der Waals surface area contributed by atoms with Crippen LogP contribution in [0.2, 0.25) is 0 Å². The minimum absolute atomic E-state index is 0. The fraction of sp³-hybridized carbons (Fsp3) is 0.846. The second kappa shape index (κ2) is 12.9. The van der Waals surface area contributed by atoms with Crippen molar-refractivity contribution in [2.24, 2.45) is 0 Å². The monoisotopic (exact) mass is 283 g/mol. The van der Waals surface area contributed by atoms with Crippen molar-refractivity contribution >= 4 is 11.9 Å². The Hall–Kier alpha value is -0.130. The summed E-state index contributed by atoms with van der Waals surface area (Å²) >= 11 is 0. The number of hydrogen-bond donors (Lipinski definition) is 0. The van der Waals surface area contributed by atoms with Crippen molar-refractivity contribution < 1.29 is 48.6 Å². The van der Waals surface area contributed by atoms with Gasteiger partial charge in [0, 0.05) is 13.0 Å². The zero-order chi connectivity index (χ0) is 14.0. The molecule has 0 saturated heterocycles. The van der Waals surface area contributed by atoms with Gasteiger partial charge in [0.2, 0.25) is 5.91 Å². The standard InChI is InChI=1S/C13H24FNO3.Na/c1-3-6-11(14)7-5-8-12(16)15(9-4-2)10-13(17)18;/h11H,3-10H2,1-2H3,(H,17,18);/q;+1/p-1. The van der Waals surface area contributed by atoms with Crippen molar-refractivity contribution in [3.8, 4) is 0 Å². The van der Waals surface area contributed by atoms with Crippen LogP contribution in [0.15, 0.2) is 0 Å². The molecule has 0 aliphatic heterocycles. The molecule has 1 atom stereocenters. The van der Waals surface area contributed by atoms with Gasteiger partial charge < -0.3 is 14.8 Å². The topological polar surface area (TPSA) is 60.4 Å². The third kappa shape index (κ3) is 11.4. The summed E-state index contributed by atoms with van der Waals surface area (Å²) in [6.07, 6.45) is 2.19. The Labute approximate surface area is 137 Å². The number of carbonyl (C=O) groups excluding carboxylic acids is 2. The summed E-state index contributed by atoms with van der Waals surface area (Å²) in [5.41, 5.74) is 0. The van der Waals surface area contributed by atoms with E-state index in [1.165, 1.54) is 4.90 Å². The molecule has 0 spiro atoms. The number of carbonyl (C=O) groups is 2. The Morgan fingerprint density at radius 3 is 2.32 bits per heavy atom. The molecule has 1 amide bonds. The van der Waals surface area contributed by atoms with Gasteiger partial charge in [-0.3, -0.25) is 4.79 Å². The zero-order valence-electron chi connectivity index (χ0n) is 12.3. The van der Waals surface area contributed by atoms with Crippen LogP contribution < -0.4 is 34.7 Å². The largest absolute Gasteiger partial charge is 1.00 e. The average Bonchev–Trinajstić information content (AvgIpc) is 2.28. The summed E-state index contributed by atoms with van der Waals surface area (Å²) in [7, 11) is 0. The molecule has 0 heterocycles. The summed E-state index contributed by atoms with van der Waals surface area (Å²) < 4.78 is 13.2. The molecule has 0 aromatic carbocycles. The van der Waals surface area contributed by atoms with Crippen LogP contribution in [-0.2, 0) is 9.59 Å². The van der Waals surface area contributed by atoms with Gasteiger partial charge in [0.15, 0.2) is 0 Å². The molecule has 0 aliphatic rings. The molecular formula is C13H23FNNaO3. The third-order valence-electron chi connectivity index (χ3n) is 2.68. The van der Waals surface area contributed by atoms with Crippen LogP contribution in [0.1, 0.15) is 52.4 Å². The number of hydrogen-bond acceptors (Lipinski definition) is 3. The fourth-order valence-corrected chi connectivity index (χ4v) is 1.81. The quantitative estimate of drug-likeness (QED) is 0.449. The van der Waals surface area contributed by atoms with Crippen molar-refractivity contribution in [3.63, 3.8) is 0 Å². The van der Waals surface area contributed by atoms with E-state index < -0.39 is 12.1 Å². The minimum atomic E-state index is -1.26. The first-order valence-electron chi connectivity index (χ1n) is 6.62. The molecule has 0 aliphatic carbocycles. The number of amides is 1. The van der Waals surface area contributed by atoms with Gasteiger partial charge in [-0.1, -0.05) is 20.3 Å². The van der Waals surface area contributed by atoms with Gasteiger partial charge >= 0.3 is 29.6 Å². The predicted molar refractivity (Wildman–Crippen MR) is 65.5 cm³/mol. The summed E-state index contributed by atoms with van der Waals surface area (Å²) in [6, 6.07) is 0. The molecule has 0 aromatic heterocycles. The van der Waals surface area contributed by atoms with Gasteiger partial charge in [-0.15, -0.1) is 0 Å². The molecule has 0 radical (unpaired) electrons. The van der Waals surface area contributed by atoms with Crippen molar-refractivity contribution in [3.05, 3.63) is 0 Å². The van der Waals surface area contributed by atoms with Crippen molar-refractivity contribution in [2.45, 2.75) is 58.5 Å². The summed E-state index contributed by atoms with van der Waals surface area (Å²) in [6.45, 7) is 3.82. The van der Waals surface area contributed by atoms with Crippen LogP contribution in [0.3, 0.4) is 0 Å². The Morgan fingerprint density at radius 1 is 1.21 bits per heavy atom. The van der Waals surface area contributed by atoms with Crippen LogP contribution in [0.25, 0.3) is 0 Å². The zero-order valence-corrected chi connectivity index (χ0v) is 14.3. The van der Waals surface area contributed by atoms with E-state index in [2.05, 4.69) is 0 Å². The van der Waals surface area contributed by atoms with Crippen LogP contribution >= 0.6 is 0 Å². The first kappa shape index (κ1) is 21.2. The van der Waals surface area contributed by atoms with Gasteiger partial charge in [0.05, 0.1) is 12.5 Å². The number of nitrogens with zero attached hydrogens (tertiary/aromatic N) is 1. The number of carboxylic acid groups (broad SMARTS) is 1. The maximum Gasteiger partial charge on any atom is 1.00 e. The van der Waals surface area contributed by atoms with E-state index in [1.54, 1.807) is 0 Å². The second-order valence-electron chi connectivity index (χ2n) is 4.47. The number of aliphatic carboxylic acids is 1. The normalized spacial score (nSPS) is 11.5. The molecule has 6 heteroatoms. The second-order valence-corrected chi connectivity index (χ2v) is 4.47. The number of carboxylic acids is 1. The summed E-state index contributed by atoms with van der Waals surface area (Å²) in [4.78, 5) is 23.5. The van der Waals surface area contributed by atoms with Crippen LogP contribution in [0, 0.1) is 0 Å². The van der Waals surface area contributed by atoms with Crippen molar-refractivity contribution in [1.82, 2.24) is 4.90 Å². The van der Waals surface area contributed by atoms with Crippen LogP contribution in [0.4, 0.5) is 4.39 Å². The van der Waals surface area contributed by atoms with Gasteiger partial charge in [-0.2, -0.15) is 0 Å². The van der Waals surface area contributed by atoms with E-state index in [4.69, 9.17) is 0 Å². The molecule has 0 rings (SSSR count). The van der Waals surface area contributed by atoms with Crippen LogP contribution in [-0.4, -0.2) is 36.0 Å². The van der Waals surface area contributed by atoms with E-state index in [0.29, 0.717) is 32.2 Å². The average molecular weight is 283 g/mol. The fourth-order valence-electron chi connectivity index (χ4n) is 1.81. The van der Waals surface area contributed by atoms with E-state index in [1.807, 2.05) is 13.8 Å². The maximum absolute atomic E-state index is 13.2. The number of rotatable bonds is 10. The summed E-state index contributed by atoms with van der Waals surface area (Å²) in [5, 5.41) is 10.5. The maximum atomic E-state index is 13.2. The minimum Gasteiger partial charge on any atom is -0.548 e. The predicted octanol–water partition coefficient (Wildman–Crippen LogP) is -1.71. The molecule has 0 bridgehead atoms. The van der Waals surface area contributed by atoms with E-state index in [0.717, 1.165) is 6.42 Å². The van der Waals surface area contributed by atoms with E-state index in [9.17, 15) is 19.1 Å². The van der Waals surface area contributed by atoms with Crippen molar-refractivity contribution in [2.75, 3.05) is 13.1 Å². The third-order valence-corrected chi connectivity index (χ3v) is 2.68. The Balaban J connectivity index is 0. The Bertz CT molecular complexity index is 264. The van der Waals surface area contributed by atoms with Crippen LogP contribution in [0.5, 0.6) is 0 Å². The van der Waals surface area contributed by atoms with Gasteiger partial charge in [-0.05, 0) is 25.7 Å². The number of alkyl halides is 1. The van der Waals surface area contributed by atoms with E-state index in [-0.39, 0.29) is 48.4 Å².